The molecule has 0 atom stereocenters. The van der Waals surface area contributed by atoms with Gasteiger partial charge in [-0.1, -0.05) is 0 Å². The van der Waals surface area contributed by atoms with Gasteiger partial charge >= 0.3 is 11.8 Å². The number of amides is 3. The fourth-order valence-electron chi connectivity index (χ4n) is 2.51. The minimum absolute atomic E-state index is 0.196. The molecule has 0 spiro atoms. The molecule has 3 N–H and O–H groups in total. The van der Waals surface area contributed by atoms with Crippen molar-refractivity contribution in [3.05, 3.63) is 90.0 Å². The molecule has 0 aliphatic carbocycles. The lowest BCUT2D eigenvalue weighted by atomic mass is 10.2. The molecule has 0 radical (unpaired) electrons. The lowest BCUT2D eigenvalue weighted by Gasteiger charge is -2.07. The highest BCUT2D eigenvalue weighted by molar-refractivity contribution is 6.35. The number of aromatic nitrogens is 1. The minimum Gasteiger partial charge on any atom is -0.484 e. The van der Waals surface area contributed by atoms with Crippen LogP contribution in [0.5, 0.6) is 5.75 Å². The van der Waals surface area contributed by atoms with Gasteiger partial charge in [-0.15, -0.1) is 0 Å². The summed E-state index contributed by atoms with van der Waals surface area (Å²) in [6.45, 7) is -0.0304. The zero-order valence-electron chi connectivity index (χ0n) is 17.3. The predicted octanol–water partition coefficient (Wildman–Crippen LogP) is 2.00. The highest BCUT2D eigenvalue weighted by Crippen LogP contribution is 2.12. The number of hydrogen-bond acceptors (Lipinski definition) is 6. The quantitative estimate of drug-likeness (QED) is 0.276. The summed E-state index contributed by atoms with van der Waals surface area (Å²) in [5.74, 6) is -2.05. The molecule has 10 heteroatoms. The average molecular weight is 449 g/mol. The standard InChI is InChI=1S/C23H20FN5O4/c24-18-3-5-19(6-4-18)28-21(30)15-33-20-7-1-16(2-8-20)14-27-29-23(32)22(31)26-13-17-9-11-25-12-10-17/h1-12,14H,13,15H2,(H,26,31)(H,28,30)(H,29,32)/b27-14-. The number of benzene rings is 2. The molecular formula is C23H20FN5O4. The Morgan fingerprint density at radius 1 is 0.939 bits per heavy atom. The summed E-state index contributed by atoms with van der Waals surface area (Å²) >= 11 is 0. The van der Waals surface area contributed by atoms with Gasteiger partial charge in [0, 0.05) is 24.6 Å². The zero-order chi connectivity index (χ0) is 23.5. The van der Waals surface area contributed by atoms with Crippen LogP contribution in [0.2, 0.25) is 0 Å². The number of hydrazone groups is 1. The third-order valence-electron chi connectivity index (χ3n) is 4.17. The number of anilines is 1. The highest BCUT2D eigenvalue weighted by atomic mass is 19.1. The first-order valence-electron chi connectivity index (χ1n) is 9.78. The molecule has 1 heterocycles. The maximum Gasteiger partial charge on any atom is 0.329 e. The molecule has 168 valence electrons. The van der Waals surface area contributed by atoms with E-state index in [1.165, 1.54) is 30.5 Å². The van der Waals surface area contributed by atoms with Crippen LogP contribution in [0.15, 0.2) is 78.2 Å². The van der Waals surface area contributed by atoms with Gasteiger partial charge in [-0.3, -0.25) is 19.4 Å². The van der Waals surface area contributed by atoms with Crippen LogP contribution in [0.25, 0.3) is 0 Å². The number of nitrogens with one attached hydrogen (secondary N) is 3. The van der Waals surface area contributed by atoms with Crippen molar-refractivity contribution in [2.45, 2.75) is 6.54 Å². The number of nitrogens with zero attached hydrogens (tertiary/aromatic N) is 2. The van der Waals surface area contributed by atoms with Gasteiger partial charge in [0.05, 0.1) is 6.21 Å². The van der Waals surface area contributed by atoms with E-state index in [4.69, 9.17) is 4.74 Å². The van der Waals surface area contributed by atoms with Crippen LogP contribution in [-0.2, 0) is 20.9 Å². The number of pyridine rings is 1. The molecule has 0 bridgehead atoms. The molecule has 3 amide bonds. The molecule has 2 aromatic carbocycles. The van der Waals surface area contributed by atoms with Crippen LogP contribution in [0.4, 0.5) is 10.1 Å². The Balaban J connectivity index is 1.39. The number of rotatable bonds is 8. The molecule has 33 heavy (non-hydrogen) atoms. The lowest BCUT2D eigenvalue weighted by molar-refractivity contribution is -0.139. The SMILES string of the molecule is O=C(COc1ccc(/C=N\NC(=O)C(=O)NCc2ccncc2)cc1)Nc1ccc(F)cc1. The Morgan fingerprint density at radius 3 is 2.33 bits per heavy atom. The molecule has 9 nitrogen and oxygen atoms in total. The fraction of sp³-hybridized carbons (Fsp3) is 0.0870. The van der Waals surface area contributed by atoms with E-state index in [1.54, 1.807) is 48.8 Å². The van der Waals surface area contributed by atoms with Crippen LogP contribution in [-0.4, -0.2) is 35.5 Å². The minimum atomic E-state index is -0.896. The summed E-state index contributed by atoms with van der Waals surface area (Å²) in [6, 6.07) is 15.4. The van der Waals surface area contributed by atoms with Gasteiger partial charge in [-0.25, -0.2) is 9.82 Å². The normalized spacial score (nSPS) is 10.5. The van der Waals surface area contributed by atoms with Gasteiger partial charge in [0.15, 0.2) is 6.61 Å². The monoisotopic (exact) mass is 449 g/mol. The van der Waals surface area contributed by atoms with E-state index in [2.05, 4.69) is 26.1 Å². The average Bonchev–Trinajstić information content (AvgIpc) is 2.84. The molecule has 0 saturated heterocycles. The highest BCUT2D eigenvalue weighted by Gasteiger charge is 2.11. The Labute approximate surface area is 188 Å². The van der Waals surface area contributed by atoms with Crippen LogP contribution < -0.4 is 20.8 Å². The van der Waals surface area contributed by atoms with Crippen molar-refractivity contribution < 1.29 is 23.5 Å². The van der Waals surface area contributed by atoms with E-state index in [0.717, 1.165) is 5.56 Å². The summed E-state index contributed by atoms with van der Waals surface area (Å²) < 4.78 is 18.3. The fourth-order valence-corrected chi connectivity index (χ4v) is 2.51. The first-order chi connectivity index (χ1) is 16.0. The molecule has 0 saturated carbocycles. The number of halogens is 1. The second kappa shape index (κ2) is 11.7. The summed E-state index contributed by atoms with van der Waals surface area (Å²) in [5, 5.41) is 8.81. The van der Waals surface area contributed by atoms with E-state index < -0.39 is 23.5 Å². The van der Waals surface area contributed by atoms with Crippen molar-refractivity contribution in [2.24, 2.45) is 5.10 Å². The molecular weight excluding hydrogens is 429 g/mol. The summed E-state index contributed by atoms with van der Waals surface area (Å²) in [4.78, 5) is 39.3. The van der Waals surface area contributed by atoms with Crippen LogP contribution >= 0.6 is 0 Å². The smallest absolute Gasteiger partial charge is 0.329 e. The molecule has 1 aromatic heterocycles. The van der Waals surface area contributed by atoms with Crippen molar-refractivity contribution in [2.75, 3.05) is 11.9 Å². The van der Waals surface area contributed by atoms with Crippen molar-refractivity contribution in [1.29, 1.82) is 0 Å². The second-order valence-corrected chi connectivity index (χ2v) is 6.65. The number of ether oxygens (including phenoxy) is 1. The number of hydrogen-bond donors (Lipinski definition) is 3. The molecule has 3 rings (SSSR count). The van der Waals surface area contributed by atoms with E-state index in [1.807, 2.05) is 0 Å². The molecule has 0 aliphatic rings. The first kappa shape index (κ1) is 23.1. The second-order valence-electron chi connectivity index (χ2n) is 6.65. The maximum atomic E-state index is 12.9. The van der Waals surface area contributed by atoms with Crippen molar-refractivity contribution in [1.82, 2.24) is 15.7 Å². The molecule has 0 aliphatic heterocycles. The van der Waals surface area contributed by atoms with E-state index in [-0.39, 0.29) is 13.2 Å². The maximum absolute atomic E-state index is 12.9. The topological polar surface area (TPSA) is 122 Å². The van der Waals surface area contributed by atoms with E-state index in [0.29, 0.717) is 17.0 Å². The summed E-state index contributed by atoms with van der Waals surface area (Å²) in [6.07, 6.45) is 4.54. The Kier molecular flexibility index (Phi) is 8.18. The Morgan fingerprint density at radius 2 is 1.64 bits per heavy atom. The number of carbonyl (C=O) groups is 3. The van der Waals surface area contributed by atoms with Gasteiger partial charge < -0.3 is 15.4 Å². The van der Waals surface area contributed by atoms with E-state index in [9.17, 15) is 18.8 Å². The molecule has 0 unspecified atom stereocenters. The largest absolute Gasteiger partial charge is 0.484 e. The summed E-state index contributed by atoms with van der Waals surface area (Å²) in [5.41, 5.74) is 4.05. The Bertz CT molecular complexity index is 1120. The van der Waals surface area contributed by atoms with Gasteiger partial charge in [0.2, 0.25) is 0 Å². The Hall–Kier alpha value is -4.60. The van der Waals surface area contributed by atoms with Crippen molar-refractivity contribution in [3.63, 3.8) is 0 Å². The van der Waals surface area contributed by atoms with Crippen LogP contribution in [0.1, 0.15) is 11.1 Å². The van der Waals surface area contributed by atoms with E-state index >= 15 is 0 Å². The van der Waals surface area contributed by atoms with Crippen molar-refractivity contribution >= 4 is 29.6 Å². The molecule has 0 fully saturated rings. The van der Waals surface area contributed by atoms with Crippen LogP contribution in [0, 0.1) is 5.82 Å². The summed E-state index contributed by atoms with van der Waals surface area (Å²) in [7, 11) is 0. The first-order valence-corrected chi connectivity index (χ1v) is 9.78. The predicted molar refractivity (Wildman–Crippen MR) is 119 cm³/mol. The third-order valence-corrected chi connectivity index (χ3v) is 4.17. The van der Waals surface area contributed by atoms with Gasteiger partial charge in [0.1, 0.15) is 11.6 Å². The van der Waals surface area contributed by atoms with Gasteiger partial charge in [-0.2, -0.15) is 5.10 Å². The van der Waals surface area contributed by atoms with Gasteiger partial charge in [-0.05, 0) is 71.8 Å². The van der Waals surface area contributed by atoms with Crippen molar-refractivity contribution in [3.8, 4) is 5.75 Å². The third kappa shape index (κ3) is 7.87. The lowest BCUT2D eigenvalue weighted by Crippen LogP contribution is -2.37. The zero-order valence-corrected chi connectivity index (χ0v) is 17.3. The molecule has 3 aromatic rings. The van der Waals surface area contributed by atoms with Gasteiger partial charge in [0.25, 0.3) is 5.91 Å². The van der Waals surface area contributed by atoms with Crippen LogP contribution in [0.3, 0.4) is 0 Å². The number of carbonyl (C=O) groups excluding carboxylic acids is 3.